The van der Waals surface area contributed by atoms with Crippen molar-refractivity contribution < 1.29 is 9.18 Å². The second kappa shape index (κ2) is 8.44. The van der Waals surface area contributed by atoms with Gasteiger partial charge in [-0.25, -0.2) is 4.39 Å². The predicted molar refractivity (Wildman–Crippen MR) is 89.8 cm³/mol. The van der Waals surface area contributed by atoms with Gasteiger partial charge < -0.3 is 10.2 Å². The molecule has 0 unspecified atom stereocenters. The number of halogens is 1. The number of rotatable bonds is 7. The number of likely N-dealkylation sites (N-methyl/N-ethyl adjacent to an activating group) is 1. The fourth-order valence-electron chi connectivity index (χ4n) is 1.91. The number of anilines is 1. The van der Waals surface area contributed by atoms with Crippen molar-refractivity contribution in [3.8, 4) is 0 Å². The molecule has 2 aromatic carbocycles. The van der Waals surface area contributed by atoms with Gasteiger partial charge in [0.2, 0.25) is 5.91 Å². The van der Waals surface area contributed by atoms with Crippen LogP contribution in [0.15, 0.2) is 59.5 Å². The minimum absolute atomic E-state index is 0.0178. The summed E-state index contributed by atoms with van der Waals surface area (Å²) in [5.41, 5.74) is 1.12. The average Bonchev–Trinajstić information content (AvgIpc) is 2.55. The summed E-state index contributed by atoms with van der Waals surface area (Å²) >= 11 is 1.40. The summed E-state index contributed by atoms with van der Waals surface area (Å²) in [5, 5.41) is 2.89. The smallest absolute Gasteiger partial charge is 0.230 e. The molecule has 0 fully saturated rings. The Hall–Kier alpha value is -2.01. The second-order valence-corrected chi connectivity index (χ2v) is 5.90. The van der Waals surface area contributed by atoms with Gasteiger partial charge in [0, 0.05) is 30.7 Å². The summed E-state index contributed by atoms with van der Waals surface area (Å²) in [5.74, 6) is 0.0502. The van der Waals surface area contributed by atoms with Crippen LogP contribution in [0.1, 0.15) is 0 Å². The van der Waals surface area contributed by atoms with E-state index >= 15 is 0 Å². The highest BCUT2D eigenvalue weighted by Crippen LogP contribution is 2.17. The first-order valence-electron chi connectivity index (χ1n) is 7.06. The molecular formula is C17H19FN2OS. The highest BCUT2D eigenvalue weighted by molar-refractivity contribution is 8.00. The van der Waals surface area contributed by atoms with Gasteiger partial charge in [-0.05, 0) is 36.4 Å². The number of hydrogen-bond acceptors (Lipinski definition) is 3. The van der Waals surface area contributed by atoms with Gasteiger partial charge in [-0.1, -0.05) is 18.2 Å². The van der Waals surface area contributed by atoms with Crippen molar-refractivity contribution in [1.29, 1.82) is 0 Å². The van der Waals surface area contributed by atoms with Gasteiger partial charge in [0.15, 0.2) is 0 Å². The number of amides is 1. The van der Waals surface area contributed by atoms with E-state index in [0.717, 1.165) is 17.1 Å². The molecule has 0 saturated heterocycles. The zero-order valence-electron chi connectivity index (χ0n) is 12.5. The van der Waals surface area contributed by atoms with Crippen LogP contribution in [0.5, 0.6) is 0 Å². The van der Waals surface area contributed by atoms with Crippen LogP contribution in [0, 0.1) is 5.82 Å². The molecule has 0 atom stereocenters. The summed E-state index contributed by atoms with van der Waals surface area (Å²) < 4.78 is 12.8. The summed E-state index contributed by atoms with van der Waals surface area (Å²) in [6.45, 7) is 1.34. The maximum absolute atomic E-state index is 12.8. The van der Waals surface area contributed by atoms with E-state index in [1.807, 2.05) is 37.4 Å². The van der Waals surface area contributed by atoms with Gasteiger partial charge in [0.05, 0.1) is 5.75 Å². The summed E-state index contributed by atoms with van der Waals surface area (Å²) in [6.07, 6.45) is 0. The van der Waals surface area contributed by atoms with Gasteiger partial charge in [-0.15, -0.1) is 11.8 Å². The van der Waals surface area contributed by atoms with E-state index in [1.165, 1.54) is 23.9 Å². The zero-order valence-corrected chi connectivity index (χ0v) is 13.3. The fourth-order valence-corrected chi connectivity index (χ4v) is 2.63. The van der Waals surface area contributed by atoms with Crippen LogP contribution in [-0.2, 0) is 4.79 Å². The maximum Gasteiger partial charge on any atom is 0.230 e. The Balaban J connectivity index is 1.66. The lowest BCUT2D eigenvalue weighted by molar-refractivity contribution is -0.118. The Morgan fingerprint density at radius 1 is 1.14 bits per heavy atom. The third-order valence-electron chi connectivity index (χ3n) is 3.15. The lowest BCUT2D eigenvalue weighted by atomic mass is 10.3. The third kappa shape index (κ3) is 5.41. The van der Waals surface area contributed by atoms with Crippen LogP contribution in [-0.4, -0.2) is 31.8 Å². The molecule has 1 amide bonds. The maximum atomic E-state index is 12.8. The van der Waals surface area contributed by atoms with Gasteiger partial charge in [-0.2, -0.15) is 0 Å². The van der Waals surface area contributed by atoms with Crippen LogP contribution in [0.4, 0.5) is 10.1 Å². The van der Waals surface area contributed by atoms with Gasteiger partial charge in [0.1, 0.15) is 5.82 Å². The second-order valence-electron chi connectivity index (χ2n) is 4.85. The van der Waals surface area contributed by atoms with E-state index in [0.29, 0.717) is 12.3 Å². The Labute approximate surface area is 134 Å². The molecular weight excluding hydrogens is 299 g/mol. The van der Waals surface area contributed by atoms with Crippen LogP contribution < -0.4 is 10.2 Å². The number of thioether (sulfide) groups is 1. The molecule has 2 aromatic rings. The number of para-hydroxylation sites is 1. The van der Waals surface area contributed by atoms with Gasteiger partial charge in [0.25, 0.3) is 0 Å². The predicted octanol–water partition coefficient (Wildman–Crippen LogP) is 3.17. The van der Waals surface area contributed by atoms with Crippen molar-refractivity contribution in [2.75, 3.05) is 30.8 Å². The van der Waals surface area contributed by atoms with Crippen molar-refractivity contribution in [1.82, 2.24) is 5.32 Å². The number of carbonyl (C=O) groups is 1. The minimum atomic E-state index is -0.266. The number of nitrogens with zero attached hydrogens (tertiary/aromatic N) is 1. The monoisotopic (exact) mass is 318 g/mol. The Morgan fingerprint density at radius 3 is 2.50 bits per heavy atom. The Morgan fingerprint density at radius 2 is 1.82 bits per heavy atom. The van der Waals surface area contributed by atoms with Gasteiger partial charge in [-0.3, -0.25) is 4.79 Å². The molecule has 0 bridgehead atoms. The first-order valence-corrected chi connectivity index (χ1v) is 8.05. The minimum Gasteiger partial charge on any atom is -0.373 e. The number of benzene rings is 2. The molecule has 1 N–H and O–H groups in total. The summed E-state index contributed by atoms with van der Waals surface area (Å²) in [6, 6.07) is 16.2. The van der Waals surface area contributed by atoms with Crippen molar-refractivity contribution in [3.05, 3.63) is 60.4 Å². The van der Waals surface area contributed by atoms with E-state index < -0.39 is 0 Å². The molecule has 3 nitrogen and oxygen atoms in total. The van der Waals surface area contributed by atoms with Crippen molar-refractivity contribution in [3.63, 3.8) is 0 Å². The molecule has 0 aliphatic rings. The zero-order chi connectivity index (χ0) is 15.8. The van der Waals surface area contributed by atoms with Crippen molar-refractivity contribution in [2.45, 2.75) is 4.90 Å². The van der Waals surface area contributed by atoms with E-state index in [4.69, 9.17) is 0 Å². The average molecular weight is 318 g/mol. The van der Waals surface area contributed by atoms with Gasteiger partial charge >= 0.3 is 0 Å². The van der Waals surface area contributed by atoms with E-state index in [-0.39, 0.29) is 11.7 Å². The molecule has 116 valence electrons. The molecule has 2 rings (SSSR count). The van der Waals surface area contributed by atoms with E-state index in [2.05, 4.69) is 10.2 Å². The van der Waals surface area contributed by atoms with Crippen molar-refractivity contribution in [2.24, 2.45) is 0 Å². The first-order chi connectivity index (χ1) is 10.6. The van der Waals surface area contributed by atoms with Crippen molar-refractivity contribution >= 4 is 23.4 Å². The highest BCUT2D eigenvalue weighted by atomic mass is 32.2. The Bertz CT molecular complexity index is 589. The molecule has 0 heterocycles. The molecule has 0 aliphatic heterocycles. The SMILES string of the molecule is CN(CCNC(=O)CSc1ccc(F)cc1)c1ccccc1. The molecule has 0 radical (unpaired) electrons. The molecule has 5 heteroatoms. The number of hydrogen-bond donors (Lipinski definition) is 1. The largest absolute Gasteiger partial charge is 0.373 e. The fraction of sp³-hybridized carbons (Fsp3) is 0.235. The first kappa shape index (κ1) is 16.4. The number of nitrogens with one attached hydrogen (secondary N) is 1. The number of carbonyl (C=O) groups excluding carboxylic acids is 1. The van der Waals surface area contributed by atoms with Crippen LogP contribution in [0.25, 0.3) is 0 Å². The summed E-state index contributed by atoms with van der Waals surface area (Å²) in [7, 11) is 1.99. The molecule has 0 spiro atoms. The normalized spacial score (nSPS) is 10.3. The van der Waals surface area contributed by atoms with Crippen LogP contribution in [0.3, 0.4) is 0 Å². The Kier molecular flexibility index (Phi) is 6.27. The molecule has 22 heavy (non-hydrogen) atoms. The standard InChI is InChI=1S/C17H19FN2OS/c1-20(15-5-3-2-4-6-15)12-11-19-17(21)13-22-16-9-7-14(18)8-10-16/h2-10H,11-13H2,1H3,(H,19,21). The lowest BCUT2D eigenvalue weighted by Gasteiger charge is -2.19. The van der Waals surface area contributed by atoms with E-state index in [1.54, 1.807) is 12.1 Å². The lowest BCUT2D eigenvalue weighted by Crippen LogP contribution is -2.33. The van der Waals surface area contributed by atoms with Crippen LogP contribution in [0.2, 0.25) is 0 Å². The van der Waals surface area contributed by atoms with E-state index in [9.17, 15) is 9.18 Å². The van der Waals surface area contributed by atoms with Crippen LogP contribution >= 0.6 is 11.8 Å². The molecule has 0 aromatic heterocycles. The summed E-state index contributed by atoms with van der Waals surface area (Å²) in [4.78, 5) is 14.8. The quantitative estimate of drug-likeness (QED) is 0.796. The third-order valence-corrected chi connectivity index (χ3v) is 4.16. The highest BCUT2D eigenvalue weighted by Gasteiger charge is 2.04. The molecule has 0 saturated carbocycles. The molecule has 0 aliphatic carbocycles. The topological polar surface area (TPSA) is 32.3 Å².